The second-order valence-corrected chi connectivity index (χ2v) is 5.29. The summed E-state index contributed by atoms with van der Waals surface area (Å²) in [5.41, 5.74) is 2.98. The summed E-state index contributed by atoms with van der Waals surface area (Å²) in [5, 5.41) is 12.2. The number of aliphatic hydroxyl groups is 1. The summed E-state index contributed by atoms with van der Waals surface area (Å²) in [6.07, 6.45) is -0.659. The van der Waals surface area contributed by atoms with Crippen molar-refractivity contribution in [2.24, 2.45) is 0 Å². The summed E-state index contributed by atoms with van der Waals surface area (Å²) >= 11 is 1.52. The number of hydrogen-bond acceptors (Lipinski definition) is 2. The van der Waals surface area contributed by atoms with E-state index in [1.165, 1.54) is 11.3 Å². The lowest BCUT2D eigenvalue weighted by molar-refractivity contribution is 0.223. The third-order valence-corrected chi connectivity index (χ3v) is 4.00. The number of hydrogen-bond donors (Lipinski definition) is 1. The monoisotopic (exact) mass is 250 g/mol. The lowest BCUT2D eigenvalue weighted by Gasteiger charge is -2.13. The Hall–Kier alpha value is -1.19. The zero-order valence-corrected chi connectivity index (χ0v) is 10.9. The maximum absolute atomic E-state index is 13.5. The van der Waals surface area contributed by atoms with Crippen LogP contribution in [-0.4, -0.2) is 5.11 Å². The minimum Gasteiger partial charge on any atom is -0.383 e. The number of aryl methyl sites for hydroxylation is 3. The molecule has 0 spiro atoms. The van der Waals surface area contributed by atoms with Gasteiger partial charge < -0.3 is 5.11 Å². The Kier molecular flexibility index (Phi) is 3.31. The fraction of sp³-hybridized carbons (Fsp3) is 0.286. The normalized spacial score (nSPS) is 12.8. The van der Waals surface area contributed by atoms with E-state index in [0.29, 0.717) is 11.1 Å². The van der Waals surface area contributed by atoms with E-state index >= 15 is 0 Å². The average Bonchev–Trinajstić information content (AvgIpc) is 2.70. The van der Waals surface area contributed by atoms with Crippen molar-refractivity contribution in [1.29, 1.82) is 0 Å². The molecule has 3 heteroatoms. The summed E-state index contributed by atoms with van der Waals surface area (Å²) in [7, 11) is 0. The summed E-state index contributed by atoms with van der Waals surface area (Å²) in [4.78, 5) is 0.926. The zero-order valence-electron chi connectivity index (χ0n) is 10.1. The first-order valence-electron chi connectivity index (χ1n) is 5.49. The van der Waals surface area contributed by atoms with Gasteiger partial charge in [-0.25, -0.2) is 4.39 Å². The van der Waals surface area contributed by atoms with Crippen LogP contribution in [0.1, 0.15) is 33.2 Å². The maximum atomic E-state index is 13.5. The molecule has 0 saturated carbocycles. The van der Waals surface area contributed by atoms with Crippen LogP contribution in [0, 0.1) is 26.6 Å². The minimum atomic E-state index is -0.659. The van der Waals surface area contributed by atoms with Crippen LogP contribution in [0.3, 0.4) is 0 Å². The Morgan fingerprint density at radius 1 is 1.12 bits per heavy atom. The predicted molar refractivity (Wildman–Crippen MR) is 69.0 cm³/mol. The highest BCUT2D eigenvalue weighted by atomic mass is 32.1. The van der Waals surface area contributed by atoms with E-state index in [0.717, 1.165) is 16.0 Å². The first kappa shape index (κ1) is 12.3. The van der Waals surface area contributed by atoms with Gasteiger partial charge in [-0.05, 0) is 54.5 Å². The Morgan fingerprint density at radius 2 is 1.71 bits per heavy atom. The smallest absolute Gasteiger partial charge is 0.129 e. The Morgan fingerprint density at radius 3 is 2.18 bits per heavy atom. The second kappa shape index (κ2) is 4.59. The standard InChI is InChI=1S/C14H15FOS/c1-8-4-5-17-14(8)13(16)11-6-9(2)12(15)10(3)7-11/h4-7,13,16H,1-3H3. The number of halogens is 1. The molecule has 1 nitrogen and oxygen atoms in total. The summed E-state index contributed by atoms with van der Waals surface area (Å²) in [5.74, 6) is -0.191. The van der Waals surface area contributed by atoms with Gasteiger partial charge in [0.05, 0.1) is 0 Å². The molecule has 2 aromatic rings. The van der Waals surface area contributed by atoms with Crippen LogP contribution < -0.4 is 0 Å². The average molecular weight is 250 g/mol. The van der Waals surface area contributed by atoms with Gasteiger partial charge in [-0.3, -0.25) is 0 Å². The fourth-order valence-corrected chi connectivity index (χ4v) is 2.89. The van der Waals surface area contributed by atoms with Gasteiger partial charge in [0.2, 0.25) is 0 Å². The Bertz CT molecular complexity index is 522. The fourth-order valence-electron chi connectivity index (χ4n) is 1.95. The summed E-state index contributed by atoms with van der Waals surface area (Å²) in [6.45, 7) is 5.41. The zero-order chi connectivity index (χ0) is 12.6. The largest absolute Gasteiger partial charge is 0.383 e. The molecule has 0 aliphatic heterocycles. The highest BCUT2D eigenvalue weighted by Crippen LogP contribution is 2.30. The van der Waals surface area contributed by atoms with Gasteiger partial charge in [-0.1, -0.05) is 12.1 Å². The van der Waals surface area contributed by atoms with E-state index in [2.05, 4.69) is 0 Å². The maximum Gasteiger partial charge on any atom is 0.129 e. The molecule has 0 radical (unpaired) electrons. The van der Waals surface area contributed by atoms with E-state index in [9.17, 15) is 9.50 Å². The molecule has 1 aromatic carbocycles. The lowest BCUT2D eigenvalue weighted by Crippen LogP contribution is -2.01. The van der Waals surface area contributed by atoms with Crippen LogP contribution in [-0.2, 0) is 0 Å². The van der Waals surface area contributed by atoms with Gasteiger partial charge in [-0.2, -0.15) is 0 Å². The van der Waals surface area contributed by atoms with Crippen molar-refractivity contribution in [1.82, 2.24) is 0 Å². The lowest BCUT2D eigenvalue weighted by atomic mass is 10.0. The quantitative estimate of drug-likeness (QED) is 0.857. The molecule has 1 N–H and O–H groups in total. The summed E-state index contributed by atoms with van der Waals surface area (Å²) in [6, 6.07) is 5.41. The van der Waals surface area contributed by atoms with E-state index in [1.807, 2.05) is 18.4 Å². The van der Waals surface area contributed by atoms with E-state index in [4.69, 9.17) is 0 Å². The molecule has 0 amide bonds. The molecular formula is C14H15FOS. The molecule has 17 heavy (non-hydrogen) atoms. The van der Waals surface area contributed by atoms with Crippen molar-refractivity contribution in [3.05, 3.63) is 56.5 Å². The van der Waals surface area contributed by atoms with Gasteiger partial charge in [-0.15, -0.1) is 11.3 Å². The molecule has 0 bridgehead atoms. The van der Waals surface area contributed by atoms with Crippen LogP contribution in [0.5, 0.6) is 0 Å². The molecular weight excluding hydrogens is 235 g/mol. The van der Waals surface area contributed by atoms with E-state index in [1.54, 1.807) is 26.0 Å². The third-order valence-electron chi connectivity index (χ3n) is 2.92. The summed E-state index contributed by atoms with van der Waals surface area (Å²) < 4.78 is 13.5. The first-order valence-corrected chi connectivity index (χ1v) is 6.37. The second-order valence-electron chi connectivity index (χ2n) is 4.34. The van der Waals surface area contributed by atoms with Crippen molar-refractivity contribution in [3.8, 4) is 0 Å². The number of rotatable bonds is 2. The topological polar surface area (TPSA) is 20.2 Å². The van der Waals surface area contributed by atoms with Gasteiger partial charge in [0, 0.05) is 4.88 Å². The number of aliphatic hydroxyl groups excluding tert-OH is 1. The highest BCUT2D eigenvalue weighted by Gasteiger charge is 2.16. The SMILES string of the molecule is Cc1ccsc1C(O)c1cc(C)c(F)c(C)c1. The number of benzene rings is 1. The van der Waals surface area contributed by atoms with Crippen LogP contribution >= 0.6 is 11.3 Å². The highest BCUT2D eigenvalue weighted by molar-refractivity contribution is 7.10. The molecule has 1 aromatic heterocycles. The number of thiophene rings is 1. The van der Waals surface area contributed by atoms with Gasteiger partial charge >= 0.3 is 0 Å². The Labute approximate surface area is 105 Å². The van der Waals surface area contributed by atoms with Crippen molar-refractivity contribution >= 4 is 11.3 Å². The molecule has 1 unspecified atom stereocenters. The first-order chi connectivity index (χ1) is 8.00. The van der Waals surface area contributed by atoms with Crippen LogP contribution in [0.25, 0.3) is 0 Å². The van der Waals surface area contributed by atoms with Crippen molar-refractivity contribution in [2.75, 3.05) is 0 Å². The van der Waals surface area contributed by atoms with Gasteiger partial charge in [0.25, 0.3) is 0 Å². The molecule has 0 saturated heterocycles. The third kappa shape index (κ3) is 2.26. The van der Waals surface area contributed by atoms with Crippen LogP contribution in [0.2, 0.25) is 0 Å². The van der Waals surface area contributed by atoms with Crippen LogP contribution in [0.15, 0.2) is 23.6 Å². The molecule has 1 heterocycles. The van der Waals surface area contributed by atoms with Gasteiger partial charge in [0.1, 0.15) is 11.9 Å². The molecule has 1 atom stereocenters. The Balaban J connectivity index is 2.45. The molecule has 0 aliphatic carbocycles. The van der Waals surface area contributed by atoms with Crippen molar-refractivity contribution in [2.45, 2.75) is 26.9 Å². The van der Waals surface area contributed by atoms with Crippen molar-refractivity contribution in [3.63, 3.8) is 0 Å². The molecule has 0 fully saturated rings. The van der Waals surface area contributed by atoms with E-state index in [-0.39, 0.29) is 5.82 Å². The van der Waals surface area contributed by atoms with Crippen LogP contribution in [0.4, 0.5) is 4.39 Å². The van der Waals surface area contributed by atoms with E-state index < -0.39 is 6.10 Å². The molecule has 0 aliphatic rings. The predicted octanol–water partition coefficient (Wildman–Crippen LogP) is 3.89. The van der Waals surface area contributed by atoms with Crippen molar-refractivity contribution < 1.29 is 9.50 Å². The molecule has 2 rings (SSSR count). The van der Waals surface area contributed by atoms with Gasteiger partial charge in [0.15, 0.2) is 0 Å². The minimum absolute atomic E-state index is 0.191. The molecule has 90 valence electrons.